The normalized spacial score (nSPS) is 12.0. The molecule has 0 aliphatic carbocycles. The van der Waals surface area contributed by atoms with E-state index in [1.54, 1.807) is 0 Å². The largest absolute Gasteiger partial charge is 0.450 e. The fourth-order valence-electron chi connectivity index (χ4n) is 5.52. The van der Waals surface area contributed by atoms with E-state index in [0.29, 0.717) is 0 Å². The molecule has 5 aromatic carbocycles. The highest BCUT2D eigenvalue weighted by Gasteiger charge is 2.25. The molecule has 0 spiro atoms. The smallest absolute Gasteiger partial charge is 0.196 e. The van der Waals surface area contributed by atoms with Gasteiger partial charge in [-0.25, -0.2) is 0 Å². The van der Waals surface area contributed by atoms with Gasteiger partial charge in [0.15, 0.2) is 11.2 Å². The molecule has 0 amide bonds. The first-order valence-electron chi connectivity index (χ1n) is 11.8. The molecular formula is C32H19NO2. The summed E-state index contributed by atoms with van der Waals surface area (Å²) in [5.74, 6) is 0. The van der Waals surface area contributed by atoms with E-state index in [0.717, 1.165) is 49.8 Å². The average Bonchev–Trinajstić information content (AvgIpc) is 3.57. The highest BCUT2D eigenvalue weighted by atomic mass is 16.4. The van der Waals surface area contributed by atoms with E-state index in [1.807, 2.05) is 24.3 Å². The fraction of sp³-hybridized carbons (Fsp3) is 0. The molecule has 8 rings (SSSR count). The van der Waals surface area contributed by atoms with Crippen LogP contribution in [0.25, 0.3) is 71.7 Å². The second kappa shape index (κ2) is 6.87. The van der Waals surface area contributed by atoms with Crippen molar-refractivity contribution in [2.24, 2.45) is 0 Å². The van der Waals surface area contributed by atoms with E-state index >= 15 is 0 Å². The summed E-state index contributed by atoms with van der Waals surface area (Å²) in [6.45, 7) is 0. The topological polar surface area (TPSA) is 31.2 Å². The van der Waals surface area contributed by atoms with Gasteiger partial charge in [0.2, 0.25) is 0 Å². The average molecular weight is 450 g/mol. The summed E-state index contributed by atoms with van der Waals surface area (Å²) in [6, 6.07) is 40.1. The van der Waals surface area contributed by atoms with Crippen LogP contribution in [-0.2, 0) is 0 Å². The summed E-state index contributed by atoms with van der Waals surface area (Å²) in [5.41, 5.74) is 8.91. The van der Waals surface area contributed by atoms with Crippen LogP contribution in [0.2, 0.25) is 0 Å². The number of rotatable bonds is 2. The Kier molecular flexibility index (Phi) is 3.66. The van der Waals surface area contributed by atoms with Crippen LogP contribution >= 0.6 is 0 Å². The Bertz CT molecular complexity index is 1970. The van der Waals surface area contributed by atoms with Crippen LogP contribution in [0.3, 0.4) is 0 Å². The third-order valence-corrected chi connectivity index (χ3v) is 7.02. The summed E-state index contributed by atoms with van der Waals surface area (Å²) in [6.07, 6.45) is 0. The van der Waals surface area contributed by atoms with Crippen LogP contribution in [-0.4, -0.2) is 4.57 Å². The van der Waals surface area contributed by atoms with Crippen molar-refractivity contribution in [3.63, 3.8) is 0 Å². The Morgan fingerprint density at radius 3 is 1.57 bits per heavy atom. The molecule has 3 aromatic heterocycles. The lowest BCUT2D eigenvalue weighted by molar-refractivity contribution is 0.634. The van der Waals surface area contributed by atoms with E-state index < -0.39 is 0 Å². The molecule has 0 saturated heterocycles. The third-order valence-electron chi connectivity index (χ3n) is 7.02. The SMILES string of the molecule is c1ccc(-c2ccc(-n3c4c5ccccc5oc4c4oc5ccccc5c43)c3ccccc23)cc1. The maximum absolute atomic E-state index is 6.39. The molecule has 0 unspecified atom stereocenters. The number of hydrogen-bond donors (Lipinski definition) is 0. The van der Waals surface area contributed by atoms with Crippen LogP contribution in [0.5, 0.6) is 0 Å². The summed E-state index contributed by atoms with van der Waals surface area (Å²) in [5, 5.41) is 4.55. The monoisotopic (exact) mass is 449 g/mol. The van der Waals surface area contributed by atoms with Gasteiger partial charge in [0.1, 0.15) is 22.2 Å². The Morgan fingerprint density at radius 2 is 0.943 bits per heavy atom. The highest BCUT2D eigenvalue weighted by Crippen LogP contribution is 2.44. The number of benzene rings is 5. The van der Waals surface area contributed by atoms with Crippen LogP contribution in [0.15, 0.2) is 124 Å². The van der Waals surface area contributed by atoms with Crippen molar-refractivity contribution in [3.05, 3.63) is 115 Å². The van der Waals surface area contributed by atoms with Crippen molar-refractivity contribution in [2.75, 3.05) is 0 Å². The maximum Gasteiger partial charge on any atom is 0.196 e. The van der Waals surface area contributed by atoms with Gasteiger partial charge in [0, 0.05) is 16.2 Å². The van der Waals surface area contributed by atoms with Crippen LogP contribution in [0, 0.1) is 0 Å². The van der Waals surface area contributed by atoms with E-state index in [4.69, 9.17) is 8.83 Å². The minimum atomic E-state index is 0.786. The number of fused-ring (bicyclic) bond motifs is 8. The van der Waals surface area contributed by atoms with Crippen molar-refractivity contribution >= 4 is 54.9 Å². The number of furan rings is 2. The zero-order chi connectivity index (χ0) is 22.9. The van der Waals surface area contributed by atoms with E-state index in [1.165, 1.54) is 21.9 Å². The first kappa shape index (κ1) is 18.6. The van der Waals surface area contributed by atoms with Gasteiger partial charge in [0.05, 0.1) is 5.69 Å². The highest BCUT2D eigenvalue weighted by molar-refractivity contribution is 6.21. The Balaban J connectivity index is 1.58. The van der Waals surface area contributed by atoms with Crippen molar-refractivity contribution in [3.8, 4) is 16.8 Å². The van der Waals surface area contributed by atoms with Gasteiger partial charge in [-0.15, -0.1) is 0 Å². The number of para-hydroxylation sites is 2. The molecule has 0 fully saturated rings. The molecule has 3 heteroatoms. The van der Waals surface area contributed by atoms with Crippen molar-refractivity contribution < 1.29 is 8.83 Å². The first-order chi connectivity index (χ1) is 17.4. The van der Waals surface area contributed by atoms with Gasteiger partial charge in [-0.1, -0.05) is 84.9 Å². The van der Waals surface area contributed by atoms with Crippen LogP contribution in [0.4, 0.5) is 0 Å². The predicted octanol–water partition coefficient (Wildman–Crippen LogP) is 9.10. The number of aromatic nitrogens is 1. The second-order valence-electron chi connectivity index (χ2n) is 8.93. The van der Waals surface area contributed by atoms with Crippen molar-refractivity contribution in [1.29, 1.82) is 0 Å². The Labute approximate surface area is 200 Å². The zero-order valence-electron chi connectivity index (χ0n) is 18.7. The molecule has 0 N–H and O–H groups in total. The summed E-state index contributed by atoms with van der Waals surface area (Å²) >= 11 is 0. The number of hydrogen-bond acceptors (Lipinski definition) is 2. The summed E-state index contributed by atoms with van der Waals surface area (Å²) < 4.78 is 15.1. The predicted molar refractivity (Wildman–Crippen MR) is 143 cm³/mol. The molecule has 164 valence electrons. The molecule has 35 heavy (non-hydrogen) atoms. The summed E-state index contributed by atoms with van der Waals surface area (Å²) in [7, 11) is 0. The maximum atomic E-state index is 6.39. The van der Waals surface area contributed by atoms with Crippen molar-refractivity contribution in [1.82, 2.24) is 4.57 Å². The van der Waals surface area contributed by atoms with Gasteiger partial charge in [-0.2, -0.15) is 0 Å². The minimum Gasteiger partial charge on any atom is -0.450 e. The molecule has 0 bridgehead atoms. The van der Waals surface area contributed by atoms with Gasteiger partial charge in [-0.05, 0) is 46.8 Å². The molecule has 0 saturated carbocycles. The van der Waals surface area contributed by atoms with Gasteiger partial charge < -0.3 is 13.4 Å². The molecule has 0 aliphatic rings. The van der Waals surface area contributed by atoms with Crippen LogP contribution < -0.4 is 0 Å². The minimum absolute atomic E-state index is 0.786. The van der Waals surface area contributed by atoms with Gasteiger partial charge in [-0.3, -0.25) is 0 Å². The molecule has 8 aromatic rings. The fourth-order valence-corrected chi connectivity index (χ4v) is 5.52. The first-order valence-corrected chi connectivity index (χ1v) is 11.8. The number of nitrogens with zero attached hydrogens (tertiary/aromatic N) is 1. The Morgan fingerprint density at radius 1 is 0.429 bits per heavy atom. The van der Waals surface area contributed by atoms with Crippen molar-refractivity contribution in [2.45, 2.75) is 0 Å². The Hall–Kier alpha value is -4.76. The molecular weight excluding hydrogens is 430 g/mol. The molecule has 3 heterocycles. The standard InChI is InChI=1S/C32H19NO2/c1-2-10-20(11-3-1)21-18-19-26(23-13-5-4-12-22(21)23)33-29-24-14-6-8-16-27(24)34-31(29)32-30(33)25-15-7-9-17-28(25)35-32/h1-19H. The quantitative estimate of drug-likeness (QED) is 0.263. The molecule has 0 radical (unpaired) electrons. The van der Waals surface area contributed by atoms with E-state index in [-0.39, 0.29) is 0 Å². The lowest BCUT2D eigenvalue weighted by Gasteiger charge is -2.14. The van der Waals surface area contributed by atoms with E-state index in [2.05, 4.69) is 95.6 Å². The summed E-state index contributed by atoms with van der Waals surface area (Å²) in [4.78, 5) is 0. The molecule has 0 atom stereocenters. The van der Waals surface area contributed by atoms with Crippen LogP contribution in [0.1, 0.15) is 0 Å². The second-order valence-corrected chi connectivity index (χ2v) is 8.93. The molecule has 3 nitrogen and oxygen atoms in total. The van der Waals surface area contributed by atoms with Gasteiger partial charge in [0.25, 0.3) is 0 Å². The lowest BCUT2D eigenvalue weighted by atomic mass is 9.97. The lowest BCUT2D eigenvalue weighted by Crippen LogP contribution is -1.96. The van der Waals surface area contributed by atoms with Gasteiger partial charge >= 0.3 is 0 Å². The van der Waals surface area contributed by atoms with E-state index in [9.17, 15) is 0 Å². The zero-order valence-corrected chi connectivity index (χ0v) is 18.7. The molecule has 0 aliphatic heterocycles. The third kappa shape index (κ3) is 2.50.